The summed E-state index contributed by atoms with van der Waals surface area (Å²) in [5.41, 5.74) is 2.62. The van der Waals surface area contributed by atoms with Crippen LogP contribution < -0.4 is 21.3 Å². The lowest BCUT2D eigenvalue weighted by atomic mass is 9.99. The Bertz CT molecular complexity index is 2150. The maximum Gasteiger partial charge on any atom is 0.245 e. The molecule has 0 spiro atoms. The first-order chi connectivity index (χ1) is 27.6. The van der Waals surface area contributed by atoms with Gasteiger partial charge < -0.3 is 40.6 Å². The summed E-state index contributed by atoms with van der Waals surface area (Å²) in [5.74, 6) is -1.94. The van der Waals surface area contributed by atoms with Crippen molar-refractivity contribution >= 4 is 45.6 Å². The fraction of sp³-hybridized carbons (Fsp3) is 0.548. The highest BCUT2D eigenvalue weighted by Gasteiger charge is 2.40. The van der Waals surface area contributed by atoms with Crippen LogP contribution in [-0.2, 0) is 32.1 Å². The number of fused-ring (bicyclic) bond motifs is 2. The third-order valence-corrected chi connectivity index (χ3v) is 11.8. The van der Waals surface area contributed by atoms with Crippen molar-refractivity contribution in [2.24, 2.45) is 5.92 Å². The second-order valence-electron chi connectivity index (χ2n) is 16.1. The number of hydrogen-bond donors (Lipinski definition) is 5. The van der Waals surface area contributed by atoms with Gasteiger partial charge in [0.2, 0.25) is 23.6 Å². The van der Waals surface area contributed by atoms with Crippen LogP contribution >= 0.6 is 0 Å². The molecule has 0 saturated carbocycles. The molecule has 0 bridgehead atoms. The molecule has 2 aromatic heterocycles. The Morgan fingerprint density at radius 1 is 0.897 bits per heavy atom. The number of nitrogens with one attached hydrogen (secondary N) is 5. The van der Waals surface area contributed by atoms with Crippen LogP contribution in [-0.4, -0.2) is 118 Å². The van der Waals surface area contributed by atoms with Gasteiger partial charge in [-0.3, -0.25) is 19.2 Å². The molecule has 4 amide bonds. The van der Waals surface area contributed by atoms with Gasteiger partial charge in [0.15, 0.2) is 5.82 Å². The van der Waals surface area contributed by atoms with E-state index in [1.54, 1.807) is 51.9 Å². The molecule has 0 aliphatic carbocycles. The SMILES string of the molecule is CC[C@H](NC(=O)[C@H](C)NC)C(=O)N1C[C@@H](F)C[C@H]1Cc1c(-c2nc3cc(F)ccc3n2C[C@@H]2CCCN2C(=O)C(NC(=O)[C@H](C)NC)C(C)C)[nH]c2cc(F)ccc12. The number of hydrogen-bond acceptors (Lipinski definition) is 7. The second-order valence-corrected chi connectivity index (χ2v) is 16.1. The minimum atomic E-state index is -1.30. The number of imidazole rings is 1. The molecule has 2 aromatic carbocycles. The zero-order valence-electron chi connectivity index (χ0n) is 34.3. The molecule has 4 aromatic rings. The largest absolute Gasteiger partial charge is 0.352 e. The quantitative estimate of drug-likeness (QED) is 0.121. The van der Waals surface area contributed by atoms with Gasteiger partial charge in [-0.25, -0.2) is 18.2 Å². The van der Waals surface area contributed by atoms with E-state index in [4.69, 9.17) is 4.98 Å². The number of rotatable bonds is 15. The molecular formula is C42H56F3N9O4. The number of likely N-dealkylation sites (tertiary alicyclic amines) is 2. The first-order valence-corrected chi connectivity index (χ1v) is 20.3. The normalized spacial score (nSPS) is 20.5. The highest BCUT2D eigenvalue weighted by Crippen LogP contribution is 2.37. The van der Waals surface area contributed by atoms with E-state index in [0.717, 1.165) is 6.42 Å². The van der Waals surface area contributed by atoms with Gasteiger partial charge in [-0.15, -0.1) is 0 Å². The summed E-state index contributed by atoms with van der Waals surface area (Å²) in [6, 6.07) is 5.11. The van der Waals surface area contributed by atoms with E-state index < -0.39 is 48.0 Å². The topological polar surface area (TPSA) is 156 Å². The number of carbonyl (C=O) groups is 4. The predicted molar refractivity (Wildman–Crippen MR) is 216 cm³/mol. The van der Waals surface area contributed by atoms with Crippen molar-refractivity contribution in [3.8, 4) is 11.5 Å². The van der Waals surface area contributed by atoms with Crippen LogP contribution in [0.1, 0.15) is 65.9 Å². The van der Waals surface area contributed by atoms with Gasteiger partial charge in [-0.1, -0.05) is 20.8 Å². The van der Waals surface area contributed by atoms with Crippen molar-refractivity contribution < 1.29 is 32.3 Å². The first-order valence-electron chi connectivity index (χ1n) is 20.3. The number of carbonyl (C=O) groups excluding carboxylic acids is 4. The van der Waals surface area contributed by atoms with E-state index >= 15 is 4.39 Å². The molecule has 0 radical (unpaired) electrons. The predicted octanol–water partition coefficient (Wildman–Crippen LogP) is 4.19. The van der Waals surface area contributed by atoms with Crippen LogP contribution in [0, 0.1) is 17.6 Å². The molecule has 58 heavy (non-hydrogen) atoms. The van der Waals surface area contributed by atoms with Gasteiger partial charge in [0, 0.05) is 48.6 Å². The maximum atomic E-state index is 15.4. The lowest BCUT2D eigenvalue weighted by Crippen LogP contribution is -2.55. The standard InChI is InChI=1S/C42H56F3N9O4/c1-8-32(50-39(55)23(4)46-6)41(57)53-20-27(45)16-29(53)19-31-30-13-11-25(43)17-33(30)48-37(31)38-49-34-18-26(44)12-14-35(34)54(38)21-28-10-9-15-52(28)42(58)36(22(2)3)51-40(56)24(5)47-7/h11-14,17-18,22-24,27-29,32,36,46-48H,8-10,15-16,19-21H2,1-7H3,(H,50,55)(H,51,56)/t23-,24-,27-,28-,29-,32-,36?/m0/s1. The molecule has 2 aliphatic heterocycles. The van der Waals surface area contributed by atoms with Crippen molar-refractivity contribution in [3.05, 3.63) is 53.6 Å². The van der Waals surface area contributed by atoms with Crippen molar-refractivity contribution in [1.82, 2.24) is 45.6 Å². The zero-order chi connectivity index (χ0) is 42.0. The third kappa shape index (κ3) is 8.72. The molecule has 2 fully saturated rings. The van der Waals surface area contributed by atoms with E-state index in [2.05, 4.69) is 26.3 Å². The summed E-state index contributed by atoms with van der Waals surface area (Å²) in [6.07, 6.45) is 0.637. The maximum absolute atomic E-state index is 15.4. The van der Waals surface area contributed by atoms with E-state index in [1.807, 2.05) is 18.4 Å². The third-order valence-electron chi connectivity index (χ3n) is 11.8. The van der Waals surface area contributed by atoms with Crippen molar-refractivity contribution in [2.45, 2.75) is 116 Å². The van der Waals surface area contributed by atoms with Crippen LogP contribution in [0.3, 0.4) is 0 Å². The molecule has 5 N–H and O–H groups in total. The fourth-order valence-electron chi connectivity index (χ4n) is 8.26. The van der Waals surface area contributed by atoms with E-state index in [9.17, 15) is 28.0 Å². The zero-order valence-corrected chi connectivity index (χ0v) is 34.3. The van der Waals surface area contributed by atoms with E-state index in [0.29, 0.717) is 58.4 Å². The van der Waals surface area contributed by atoms with Gasteiger partial charge in [0.25, 0.3) is 0 Å². The summed E-state index contributed by atoms with van der Waals surface area (Å²) in [4.78, 5) is 65.5. The molecule has 4 heterocycles. The monoisotopic (exact) mass is 807 g/mol. The highest BCUT2D eigenvalue weighted by molar-refractivity contribution is 5.93. The molecule has 1 unspecified atom stereocenters. The first kappa shape index (κ1) is 42.6. The van der Waals surface area contributed by atoms with Gasteiger partial charge in [0.05, 0.1) is 35.4 Å². The lowest BCUT2D eigenvalue weighted by Gasteiger charge is -2.32. The molecule has 7 atom stereocenters. The number of benzene rings is 2. The lowest BCUT2D eigenvalue weighted by molar-refractivity contribution is -0.139. The van der Waals surface area contributed by atoms with Crippen LogP contribution in [0.4, 0.5) is 13.2 Å². The van der Waals surface area contributed by atoms with Crippen molar-refractivity contribution in [1.29, 1.82) is 0 Å². The molecule has 2 aliphatic rings. The minimum absolute atomic E-state index is 0.0533. The van der Waals surface area contributed by atoms with Gasteiger partial charge in [0.1, 0.15) is 29.9 Å². The molecule has 13 nitrogen and oxygen atoms in total. The van der Waals surface area contributed by atoms with Crippen molar-refractivity contribution in [3.63, 3.8) is 0 Å². The number of aromatic nitrogens is 3. The van der Waals surface area contributed by atoms with Gasteiger partial charge >= 0.3 is 0 Å². The van der Waals surface area contributed by atoms with E-state index in [-0.39, 0.29) is 61.5 Å². The summed E-state index contributed by atoms with van der Waals surface area (Å²) in [6.45, 7) is 9.60. The highest BCUT2D eigenvalue weighted by atomic mass is 19.1. The average Bonchev–Trinajstić information content (AvgIpc) is 3.98. The Kier molecular flexibility index (Phi) is 13.2. The second kappa shape index (κ2) is 17.9. The Hall–Kier alpha value is -4.96. The fourth-order valence-corrected chi connectivity index (χ4v) is 8.26. The van der Waals surface area contributed by atoms with Crippen LogP contribution in [0.25, 0.3) is 33.5 Å². The summed E-state index contributed by atoms with van der Waals surface area (Å²) in [7, 11) is 3.32. The summed E-state index contributed by atoms with van der Waals surface area (Å²) >= 11 is 0. The Morgan fingerprint density at radius 3 is 2.24 bits per heavy atom. The van der Waals surface area contributed by atoms with Gasteiger partial charge in [-0.2, -0.15) is 0 Å². The van der Waals surface area contributed by atoms with Gasteiger partial charge in [-0.05, 0) is 95.4 Å². The minimum Gasteiger partial charge on any atom is -0.352 e. The number of H-pyrrole nitrogens is 1. The Morgan fingerprint density at radius 2 is 1.57 bits per heavy atom. The number of amides is 4. The molecule has 6 rings (SSSR count). The molecule has 314 valence electrons. The smallest absolute Gasteiger partial charge is 0.245 e. The van der Waals surface area contributed by atoms with E-state index in [1.165, 1.54) is 29.2 Å². The Labute approximate surface area is 336 Å². The van der Waals surface area contributed by atoms with Crippen LogP contribution in [0.2, 0.25) is 0 Å². The van der Waals surface area contributed by atoms with Crippen molar-refractivity contribution in [2.75, 3.05) is 27.2 Å². The number of halogens is 3. The number of alkyl halides is 1. The van der Waals surface area contributed by atoms with Crippen LogP contribution in [0.5, 0.6) is 0 Å². The molecular weight excluding hydrogens is 752 g/mol. The Balaban J connectivity index is 1.39. The number of likely N-dealkylation sites (N-methyl/N-ethyl adjacent to an activating group) is 2. The number of nitrogens with zero attached hydrogens (tertiary/aromatic N) is 4. The number of aromatic amines is 1. The average molecular weight is 808 g/mol. The van der Waals surface area contributed by atoms with Crippen LogP contribution in [0.15, 0.2) is 36.4 Å². The summed E-state index contributed by atoms with van der Waals surface area (Å²) < 4.78 is 46.8. The molecule has 2 saturated heterocycles. The summed E-state index contributed by atoms with van der Waals surface area (Å²) in [5, 5.41) is 12.2. The molecule has 16 heteroatoms.